The van der Waals surface area contributed by atoms with Crippen molar-refractivity contribution in [2.24, 2.45) is 13.0 Å². The number of pyridine rings is 1. The number of hydrogen-bond acceptors (Lipinski definition) is 9. The molecule has 216 valence electrons. The van der Waals surface area contributed by atoms with E-state index in [0.717, 1.165) is 0 Å². The van der Waals surface area contributed by atoms with Crippen molar-refractivity contribution in [2.45, 2.75) is 49.2 Å². The lowest BCUT2D eigenvalue weighted by molar-refractivity contribution is -0.0579. The minimum atomic E-state index is -3.13. The zero-order chi connectivity index (χ0) is 28.6. The minimum absolute atomic E-state index is 0.128. The first kappa shape index (κ1) is 27.3. The van der Waals surface area contributed by atoms with Gasteiger partial charge in [0.15, 0.2) is 12.4 Å². The number of anilines is 4. The Kier molecular flexibility index (Phi) is 6.56. The van der Waals surface area contributed by atoms with Crippen LogP contribution >= 0.6 is 22.2 Å². The van der Waals surface area contributed by atoms with Crippen LogP contribution in [0.3, 0.4) is 0 Å². The number of nitrogens with zero attached hydrogens (tertiary/aromatic N) is 4. The second-order valence-corrected chi connectivity index (χ2v) is 14.3. The fourth-order valence-electron chi connectivity index (χ4n) is 5.50. The highest BCUT2D eigenvalue weighted by Gasteiger charge is 2.51. The average Bonchev–Trinajstić information content (AvgIpc) is 3.74. The molecule has 14 heteroatoms. The van der Waals surface area contributed by atoms with Crippen molar-refractivity contribution >= 4 is 56.2 Å². The molecule has 1 saturated heterocycles. The predicted octanol–water partition coefficient (Wildman–Crippen LogP) is 5.29. The molecule has 1 aliphatic carbocycles. The summed E-state index contributed by atoms with van der Waals surface area (Å²) in [6.07, 6.45) is 2.86. The van der Waals surface area contributed by atoms with E-state index < -0.39 is 34.7 Å². The Hall–Kier alpha value is -2.87. The average molecular weight is 597 g/mol. The van der Waals surface area contributed by atoms with Crippen LogP contribution in [0.5, 0.6) is 5.75 Å². The van der Waals surface area contributed by atoms with E-state index in [2.05, 4.69) is 20.6 Å². The van der Waals surface area contributed by atoms with Crippen LogP contribution in [0.15, 0.2) is 29.2 Å². The van der Waals surface area contributed by atoms with Gasteiger partial charge in [-0.2, -0.15) is 15.6 Å². The van der Waals surface area contributed by atoms with Crippen molar-refractivity contribution in [3.63, 3.8) is 0 Å². The van der Waals surface area contributed by atoms with Gasteiger partial charge in [0.25, 0.3) is 5.56 Å². The van der Waals surface area contributed by atoms with Crippen molar-refractivity contribution in [3.05, 3.63) is 39.8 Å². The SMILES string of the molecule is CC1CN(c2ncc(Cl)c(Nc3ccc4c(c3)c3c(c(=O)n4C)OCC(F)(F)[C@H](C4CC4)N3)n2)CC(C)S1(O)O. The summed E-state index contributed by atoms with van der Waals surface area (Å²) in [5, 5.41) is 6.28. The fourth-order valence-corrected chi connectivity index (χ4v) is 7.23. The summed E-state index contributed by atoms with van der Waals surface area (Å²) < 4.78 is 57.6. The topological polar surface area (TPSA) is 125 Å². The molecule has 2 aromatic heterocycles. The van der Waals surface area contributed by atoms with Gasteiger partial charge in [-0.3, -0.25) is 13.9 Å². The first-order valence-electron chi connectivity index (χ1n) is 13.1. The predicted molar refractivity (Wildman–Crippen MR) is 154 cm³/mol. The van der Waals surface area contributed by atoms with Gasteiger partial charge in [0.05, 0.1) is 33.9 Å². The zero-order valence-electron chi connectivity index (χ0n) is 22.2. The van der Waals surface area contributed by atoms with E-state index in [-0.39, 0.29) is 32.9 Å². The number of alkyl halides is 2. The monoisotopic (exact) mass is 596 g/mol. The summed E-state index contributed by atoms with van der Waals surface area (Å²) in [4.78, 5) is 23.9. The van der Waals surface area contributed by atoms with E-state index in [9.17, 15) is 22.7 Å². The summed E-state index contributed by atoms with van der Waals surface area (Å²) in [6.45, 7) is 3.47. The molecule has 4 heterocycles. The number of rotatable bonds is 4. The van der Waals surface area contributed by atoms with E-state index in [1.165, 1.54) is 10.8 Å². The maximum absolute atomic E-state index is 14.9. The molecular formula is C26H31ClF2N6O4S. The lowest BCUT2D eigenvalue weighted by Crippen LogP contribution is -2.48. The first-order valence-corrected chi connectivity index (χ1v) is 15.2. The van der Waals surface area contributed by atoms with Crippen LogP contribution in [-0.2, 0) is 7.05 Å². The molecule has 2 unspecified atom stereocenters. The van der Waals surface area contributed by atoms with Gasteiger partial charge in [-0.1, -0.05) is 11.6 Å². The van der Waals surface area contributed by atoms with Crippen LogP contribution in [0, 0.1) is 5.92 Å². The summed E-state index contributed by atoms with van der Waals surface area (Å²) in [5.74, 6) is -2.73. The Labute approximate surface area is 236 Å². The second kappa shape index (κ2) is 9.61. The lowest BCUT2D eigenvalue weighted by Gasteiger charge is -2.50. The van der Waals surface area contributed by atoms with E-state index in [4.69, 9.17) is 16.3 Å². The number of ether oxygens (including phenoxy) is 1. The Morgan fingerprint density at radius 2 is 1.93 bits per heavy atom. The van der Waals surface area contributed by atoms with Crippen LogP contribution in [0.1, 0.15) is 26.7 Å². The van der Waals surface area contributed by atoms with Gasteiger partial charge in [-0.05, 0) is 50.8 Å². The molecule has 4 N–H and O–H groups in total. The molecule has 0 amide bonds. The maximum atomic E-state index is 14.9. The molecular weight excluding hydrogens is 566 g/mol. The van der Waals surface area contributed by atoms with Gasteiger partial charge in [0, 0.05) is 31.2 Å². The lowest BCUT2D eigenvalue weighted by atomic mass is 10.0. The summed E-state index contributed by atoms with van der Waals surface area (Å²) in [5.41, 5.74) is 0.874. The number of nitrogens with one attached hydrogen (secondary N) is 2. The van der Waals surface area contributed by atoms with Gasteiger partial charge in [-0.25, -0.2) is 13.8 Å². The first-order chi connectivity index (χ1) is 18.9. The molecule has 3 aromatic rings. The molecule has 2 fully saturated rings. The van der Waals surface area contributed by atoms with Crippen molar-refractivity contribution in [3.8, 4) is 5.75 Å². The van der Waals surface area contributed by atoms with E-state index >= 15 is 0 Å². The van der Waals surface area contributed by atoms with Crippen LogP contribution in [0.4, 0.5) is 31.9 Å². The third-order valence-electron chi connectivity index (χ3n) is 8.03. The quantitative estimate of drug-likeness (QED) is 0.318. The zero-order valence-corrected chi connectivity index (χ0v) is 23.8. The number of hydrogen-bond donors (Lipinski definition) is 4. The van der Waals surface area contributed by atoms with Crippen LogP contribution in [0.25, 0.3) is 10.9 Å². The molecule has 10 nitrogen and oxygen atoms in total. The van der Waals surface area contributed by atoms with Crippen LogP contribution < -0.4 is 25.8 Å². The number of aromatic nitrogens is 3. The van der Waals surface area contributed by atoms with Crippen LogP contribution in [-0.4, -0.2) is 65.8 Å². The van der Waals surface area contributed by atoms with Gasteiger partial charge in [0.1, 0.15) is 5.02 Å². The normalized spacial score (nSPS) is 26.3. The molecule has 3 atom stereocenters. The van der Waals surface area contributed by atoms with Crippen molar-refractivity contribution in [2.75, 3.05) is 35.2 Å². The summed E-state index contributed by atoms with van der Waals surface area (Å²) in [6, 6.07) is 4.09. The Morgan fingerprint density at radius 3 is 2.60 bits per heavy atom. The van der Waals surface area contributed by atoms with Gasteiger partial charge in [-0.15, -0.1) is 0 Å². The van der Waals surface area contributed by atoms with Crippen molar-refractivity contribution in [1.82, 2.24) is 14.5 Å². The number of aryl methyl sites for hydroxylation is 1. The Balaban J connectivity index is 1.36. The standard InChI is InChI=1S/C26H31ClF2N6O4S/c1-13-10-35(11-14(2)40(13,37)38)25-30-9-18(27)23(33-25)31-16-6-7-19-17(8-16)20-21(24(36)34(19)3)39-12-26(28,29)22(32-20)15-4-5-15/h6-9,13-15,22,32,37-38H,4-5,10-12H2,1-3H3,(H,30,31,33)/t13?,14?,22-/m0/s1. The second-order valence-electron chi connectivity index (χ2n) is 11.0. The molecule has 0 radical (unpaired) electrons. The smallest absolute Gasteiger partial charge is 0.301 e. The molecule has 1 saturated carbocycles. The molecule has 1 aromatic carbocycles. The fraction of sp³-hybridized carbons (Fsp3) is 0.500. The van der Waals surface area contributed by atoms with E-state index in [0.29, 0.717) is 54.3 Å². The van der Waals surface area contributed by atoms with Crippen molar-refractivity contribution in [1.29, 1.82) is 0 Å². The summed E-state index contributed by atoms with van der Waals surface area (Å²) in [7, 11) is -1.15. The van der Waals surface area contributed by atoms with Gasteiger partial charge >= 0.3 is 5.92 Å². The highest BCUT2D eigenvalue weighted by atomic mass is 35.5. The van der Waals surface area contributed by atoms with E-state index in [1.54, 1.807) is 39.1 Å². The minimum Gasteiger partial charge on any atom is -0.480 e. The Morgan fingerprint density at radius 1 is 1.23 bits per heavy atom. The third-order valence-corrected chi connectivity index (χ3v) is 11.0. The molecule has 0 spiro atoms. The van der Waals surface area contributed by atoms with E-state index in [1.807, 2.05) is 4.90 Å². The molecule has 3 aliphatic rings. The molecule has 40 heavy (non-hydrogen) atoms. The van der Waals surface area contributed by atoms with Crippen molar-refractivity contribution < 1.29 is 22.6 Å². The molecule has 6 rings (SSSR count). The largest absolute Gasteiger partial charge is 0.480 e. The molecule has 0 bridgehead atoms. The maximum Gasteiger partial charge on any atom is 0.301 e. The van der Waals surface area contributed by atoms with Gasteiger partial charge < -0.3 is 24.8 Å². The highest BCUT2D eigenvalue weighted by molar-refractivity contribution is 8.25. The van der Waals surface area contributed by atoms with Crippen LogP contribution in [0.2, 0.25) is 5.02 Å². The number of benzene rings is 1. The third kappa shape index (κ3) is 4.62. The number of halogens is 3. The number of fused-ring (bicyclic) bond motifs is 3. The van der Waals surface area contributed by atoms with Gasteiger partial charge in [0.2, 0.25) is 11.7 Å². The Bertz CT molecular complexity index is 1540. The summed E-state index contributed by atoms with van der Waals surface area (Å²) >= 11 is 6.44. The highest BCUT2D eigenvalue weighted by Crippen LogP contribution is 2.52. The molecule has 2 aliphatic heterocycles.